The second kappa shape index (κ2) is 6.75. The number of hydrogen-bond donors (Lipinski definition) is 3. The number of sulfonamides is 1. The Balaban J connectivity index is 1.77. The second-order valence-electron chi connectivity index (χ2n) is 6.12. The molecule has 26 heavy (non-hydrogen) atoms. The zero-order chi connectivity index (χ0) is 18.9. The molecular formula is C17H20N6O2S. The molecule has 1 aromatic carbocycles. The fourth-order valence-electron chi connectivity index (χ4n) is 2.67. The maximum Gasteiger partial charge on any atom is 0.266 e. The first kappa shape index (κ1) is 17.9. The Kier molecular flexibility index (Phi) is 4.64. The normalized spacial score (nSPS) is 11.4. The average molecular weight is 372 g/mol. The number of rotatable bonds is 5. The van der Waals surface area contributed by atoms with Gasteiger partial charge in [0, 0.05) is 5.69 Å². The standard InChI is InChI=1S/C17H20N6O2S/c1-10-5-6-14(11(2)9-10)18-15-7-8-16(22-21-15)23-26(24,25)17-12(3)19-20-13(17)4/h5-9H,1-4H3,(H,18,21)(H,19,20)(H,22,23). The van der Waals surface area contributed by atoms with Crippen LogP contribution in [-0.2, 0) is 10.0 Å². The van der Waals surface area contributed by atoms with Crippen LogP contribution in [0, 0.1) is 27.7 Å². The maximum atomic E-state index is 12.5. The van der Waals surface area contributed by atoms with E-state index in [-0.39, 0.29) is 10.7 Å². The lowest BCUT2D eigenvalue weighted by molar-refractivity contribution is 0.600. The average Bonchev–Trinajstić information content (AvgIpc) is 2.91. The van der Waals surface area contributed by atoms with E-state index in [9.17, 15) is 8.42 Å². The molecule has 3 rings (SSSR count). The van der Waals surface area contributed by atoms with E-state index in [4.69, 9.17) is 0 Å². The summed E-state index contributed by atoms with van der Waals surface area (Å²) in [6.45, 7) is 7.31. The molecule has 0 aliphatic heterocycles. The van der Waals surface area contributed by atoms with E-state index in [0.29, 0.717) is 17.2 Å². The summed E-state index contributed by atoms with van der Waals surface area (Å²) in [7, 11) is -3.78. The van der Waals surface area contributed by atoms with Crippen LogP contribution >= 0.6 is 0 Å². The summed E-state index contributed by atoms with van der Waals surface area (Å²) in [4.78, 5) is 0.122. The summed E-state index contributed by atoms with van der Waals surface area (Å²) in [6, 6.07) is 9.25. The molecule has 0 aliphatic carbocycles. The van der Waals surface area contributed by atoms with Crippen molar-refractivity contribution in [2.24, 2.45) is 0 Å². The van der Waals surface area contributed by atoms with Crippen molar-refractivity contribution in [3.63, 3.8) is 0 Å². The van der Waals surface area contributed by atoms with Gasteiger partial charge in [0.15, 0.2) is 11.6 Å². The molecule has 0 spiro atoms. The number of aromatic nitrogens is 4. The third-order valence-electron chi connectivity index (χ3n) is 3.88. The van der Waals surface area contributed by atoms with E-state index in [0.717, 1.165) is 11.3 Å². The Morgan fingerprint density at radius 2 is 1.65 bits per heavy atom. The Bertz CT molecular complexity index is 1020. The molecule has 136 valence electrons. The topological polar surface area (TPSA) is 113 Å². The lowest BCUT2D eigenvalue weighted by Gasteiger charge is -2.10. The zero-order valence-electron chi connectivity index (χ0n) is 15.0. The van der Waals surface area contributed by atoms with Gasteiger partial charge >= 0.3 is 0 Å². The van der Waals surface area contributed by atoms with E-state index >= 15 is 0 Å². The molecule has 8 nitrogen and oxygen atoms in total. The highest BCUT2D eigenvalue weighted by Crippen LogP contribution is 2.22. The minimum atomic E-state index is -3.78. The van der Waals surface area contributed by atoms with Crippen LogP contribution in [0.2, 0.25) is 0 Å². The molecule has 0 saturated heterocycles. The van der Waals surface area contributed by atoms with Gasteiger partial charge in [0.05, 0.1) is 11.4 Å². The van der Waals surface area contributed by atoms with Crippen LogP contribution in [0.25, 0.3) is 0 Å². The van der Waals surface area contributed by atoms with Crippen LogP contribution in [0.1, 0.15) is 22.5 Å². The van der Waals surface area contributed by atoms with Gasteiger partial charge in [-0.1, -0.05) is 17.7 Å². The van der Waals surface area contributed by atoms with Crippen molar-refractivity contribution in [3.05, 3.63) is 52.8 Å². The molecule has 0 unspecified atom stereocenters. The van der Waals surface area contributed by atoms with E-state index in [1.807, 2.05) is 26.0 Å². The molecule has 0 atom stereocenters. The van der Waals surface area contributed by atoms with Crippen molar-refractivity contribution in [3.8, 4) is 0 Å². The Labute approximate surface area is 152 Å². The van der Waals surface area contributed by atoms with Crippen molar-refractivity contribution in [2.75, 3.05) is 10.0 Å². The van der Waals surface area contributed by atoms with Gasteiger partial charge in [0.25, 0.3) is 10.0 Å². The van der Waals surface area contributed by atoms with Gasteiger partial charge in [-0.05, 0) is 51.5 Å². The molecule has 3 N–H and O–H groups in total. The third-order valence-corrected chi connectivity index (χ3v) is 5.49. The molecule has 0 amide bonds. The van der Waals surface area contributed by atoms with E-state index in [1.165, 1.54) is 5.56 Å². The Morgan fingerprint density at radius 3 is 2.23 bits per heavy atom. The number of nitrogens with one attached hydrogen (secondary N) is 3. The van der Waals surface area contributed by atoms with Crippen LogP contribution in [0.15, 0.2) is 35.2 Å². The van der Waals surface area contributed by atoms with Gasteiger partial charge < -0.3 is 5.32 Å². The van der Waals surface area contributed by atoms with E-state index in [2.05, 4.69) is 36.5 Å². The first-order valence-corrected chi connectivity index (χ1v) is 9.47. The van der Waals surface area contributed by atoms with Crippen LogP contribution < -0.4 is 10.0 Å². The number of nitrogens with zero attached hydrogens (tertiary/aromatic N) is 3. The number of H-pyrrole nitrogens is 1. The molecule has 2 aromatic heterocycles. The van der Waals surface area contributed by atoms with Gasteiger partial charge in [0.1, 0.15) is 4.90 Å². The highest BCUT2D eigenvalue weighted by Gasteiger charge is 2.22. The molecule has 0 fully saturated rings. The van der Waals surface area contributed by atoms with Crippen LogP contribution in [0.3, 0.4) is 0 Å². The molecule has 9 heteroatoms. The Morgan fingerprint density at radius 1 is 0.962 bits per heavy atom. The second-order valence-corrected chi connectivity index (χ2v) is 7.74. The first-order chi connectivity index (χ1) is 12.3. The van der Waals surface area contributed by atoms with Crippen molar-refractivity contribution in [1.82, 2.24) is 20.4 Å². The van der Waals surface area contributed by atoms with Gasteiger partial charge in [-0.25, -0.2) is 8.42 Å². The summed E-state index contributed by atoms with van der Waals surface area (Å²) < 4.78 is 27.4. The summed E-state index contributed by atoms with van der Waals surface area (Å²) >= 11 is 0. The molecule has 0 bridgehead atoms. The summed E-state index contributed by atoms with van der Waals surface area (Å²) in [5, 5.41) is 17.7. The lowest BCUT2D eigenvalue weighted by atomic mass is 10.1. The molecule has 0 radical (unpaired) electrons. The monoisotopic (exact) mass is 372 g/mol. The number of aryl methyl sites for hydroxylation is 4. The summed E-state index contributed by atoms with van der Waals surface area (Å²) in [6.07, 6.45) is 0. The number of anilines is 3. The Hall–Kier alpha value is -2.94. The van der Waals surface area contributed by atoms with Gasteiger partial charge in [0.2, 0.25) is 0 Å². The van der Waals surface area contributed by atoms with Crippen LogP contribution in [-0.4, -0.2) is 28.8 Å². The van der Waals surface area contributed by atoms with Gasteiger partial charge in [-0.15, -0.1) is 10.2 Å². The summed E-state index contributed by atoms with van der Waals surface area (Å²) in [5.74, 6) is 0.659. The molecule has 3 aromatic rings. The zero-order valence-corrected chi connectivity index (χ0v) is 15.8. The predicted octanol–water partition coefficient (Wildman–Crippen LogP) is 2.98. The largest absolute Gasteiger partial charge is 0.339 e. The predicted molar refractivity (Wildman–Crippen MR) is 100 cm³/mol. The maximum absolute atomic E-state index is 12.5. The fourth-order valence-corrected chi connectivity index (χ4v) is 4.04. The SMILES string of the molecule is Cc1ccc(Nc2ccc(NS(=O)(=O)c3c(C)n[nH]c3C)nn2)c(C)c1. The smallest absolute Gasteiger partial charge is 0.266 e. The highest BCUT2D eigenvalue weighted by molar-refractivity contribution is 7.92. The molecule has 0 saturated carbocycles. The first-order valence-electron chi connectivity index (χ1n) is 7.98. The molecular weight excluding hydrogens is 352 g/mol. The number of hydrogen-bond acceptors (Lipinski definition) is 6. The minimum Gasteiger partial charge on any atom is -0.339 e. The molecule has 2 heterocycles. The van der Waals surface area contributed by atoms with Crippen LogP contribution in [0.5, 0.6) is 0 Å². The quantitative estimate of drug-likeness (QED) is 0.635. The van der Waals surface area contributed by atoms with Gasteiger partial charge in [-0.2, -0.15) is 5.10 Å². The third kappa shape index (κ3) is 3.67. The number of aromatic amines is 1. The van der Waals surface area contributed by atoms with Crippen molar-refractivity contribution >= 4 is 27.3 Å². The fraction of sp³-hybridized carbons (Fsp3) is 0.235. The van der Waals surface area contributed by atoms with Crippen molar-refractivity contribution in [1.29, 1.82) is 0 Å². The van der Waals surface area contributed by atoms with Crippen molar-refractivity contribution < 1.29 is 8.42 Å². The minimum absolute atomic E-state index is 0.122. The van der Waals surface area contributed by atoms with Crippen LogP contribution in [0.4, 0.5) is 17.3 Å². The van der Waals surface area contributed by atoms with E-state index < -0.39 is 10.0 Å². The number of benzene rings is 1. The van der Waals surface area contributed by atoms with Crippen molar-refractivity contribution in [2.45, 2.75) is 32.6 Å². The lowest BCUT2D eigenvalue weighted by Crippen LogP contribution is -2.16. The highest BCUT2D eigenvalue weighted by atomic mass is 32.2. The van der Waals surface area contributed by atoms with E-state index in [1.54, 1.807) is 26.0 Å². The van der Waals surface area contributed by atoms with Gasteiger partial charge in [-0.3, -0.25) is 9.82 Å². The summed E-state index contributed by atoms with van der Waals surface area (Å²) in [5.41, 5.74) is 4.05. The molecule has 0 aliphatic rings.